The zero-order valence-electron chi connectivity index (χ0n) is 15.9. The van der Waals surface area contributed by atoms with Gasteiger partial charge in [0.25, 0.3) is 0 Å². The third-order valence-corrected chi connectivity index (χ3v) is 4.76. The van der Waals surface area contributed by atoms with E-state index in [1.54, 1.807) is 68.4 Å². The van der Waals surface area contributed by atoms with Gasteiger partial charge in [0.15, 0.2) is 5.78 Å². The van der Waals surface area contributed by atoms with Gasteiger partial charge in [-0.3, -0.25) is 4.79 Å². The van der Waals surface area contributed by atoms with Gasteiger partial charge >= 0.3 is 37.4 Å². The van der Waals surface area contributed by atoms with E-state index in [4.69, 9.17) is 9.05 Å². The zero-order valence-corrected chi connectivity index (χ0v) is 18.8. The summed E-state index contributed by atoms with van der Waals surface area (Å²) >= 11 is 0. The SMILES string of the molecule is Cc1cc(C(=O)c2ccccc2)cc(C)c1OP(=O)([O-])Oc1ccccc1.[Na+]. The van der Waals surface area contributed by atoms with Crippen molar-refractivity contribution in [1.29, 1.82) is 0 Å². The fourth-order valence-corrected chi connectivity index (χ4v) is 3.65. The molecule has 5 nitrogen and oxygen atoms in total. The number of para-hydroxylation sites is 1. The van der Waals surface area contributed by atoms with E-state index in [0.717, 1.165) is 0 Å². The van der Waals surface area contributed by atoms with Crippen LogP contribution in [0.3, 0.4) is 0 Å². The standard InChI is InChI=1S/C21H19O5P.Na/c1-15-13-18(20(22)17-9-5-3-6-10-17)14-16(2)21(15)26-27(23,24)25-19-11-7-4-8-12-19;/h3-14H,1-2H3,(H,23,24);/q;+1/p-1. The van der Waals surface area contributed by atoms with Crippen molar-refractivity contribution in [3.8, 4) is 11.5 Å². The number of carbonyl (C=O) groups excluding carboxylic acids is 1. The molecule has 0 saturated carbocycles. The van der Waals surface area contributed by atoms with Gasteiger partial charge in [-0.2, -0.15) is 0 Å². The average Bonchev–Trinajstić information content (AvgIpc) is 2.65. The minimum atomic E-state index is -4.62. The van der Waals surface area contributed by atoms with E-state index in [0.29, 0.717) is 22.3 Å². The van der Waals surface area contributed by atoms with Crippen LogP contribution in [0.4, 0.5) is 0 Å². The number of rotatable bonds is 6. The molecule has 0 saturated heterocycles. The van der Waals surface area contributed by atoms with Crippen LogP contribution >= 0.6 is 7.82 Å². The van der Waals surface area contributed by atoms with Gasteiger partial charge in [0.1, 0.15) is 11.5 Å². The molecule has 0 radical (unpaired) electrons. The molecule has 138 valence electrons. The first-order valence-electron chi connectivity index (χ1n) is 8.32. The fourth-order valence-electron chi connectivity index (χ4n) is 2.72. The van der Waals surface area contributed by atoms with E-state index < -0.39 is 7.82 Å². The van der Waals surface area contributed by atoms with E-state index in [2.05, 4.69) is 0 Å². The molecule has 7 heteroatoms. The number of aryl methyl sites for hydroxylation is 2. The Kier molecular flexibility index (Phi) is 7.64. The Bertz CT molecular complexity index is 983. The molecule has 3 aromatic carbocycles. The molecule has 1 unspecified atom stereocenters. The van der Waals surface area contributed by atoms with Crippen molar-refractivity contribution in [2.75, 3.05) is 0 Å². The van der Waals surface area contributed by atoms with E-state index in [9.17, 15) is 14.3 Å². The molecular weight excluding hydrogens is 386 g/mol. The summed E-state index contributed by atoms with van der Waals surface area (Å²) in [5, 5.41) is 0. The topological polar surface area (TPSA) is 75.7 Å². The Morgan fingerprint density at radius 1 is 0.821 bits per heavy atom. The van der Waals surface area contributed by atoms with E-state index in [1.807, 2.05) is 6.07 Å². The van der Waals surface area contributed by atoms with Crippen LogP contribution in [0.1, 0.15) is 27.0 Å². The number of hydrogen-bond donors (Lipinski definition) is 0. The van der Waals surface area contributed by atoms with E-state index in [1.165, 1.54) is 12.1 Å². The molecule has 3 rings (SSSR count). The minimum absolute atomic E-state index is 0. The Labute approximate surface area is 186 Å². The van der Waals surface area contributed by atoms with Crippen LogP contribution in [0, 0.1) is 13.8 Å². The van der Waals surface area contributed by atoms with Gasteiger partial charge in [0, 0.05) is 11.1 Å². The molecule has 0 N–H and O–H groups in total. The van der Waals surface area contributed by atoms with Gasteiger partial charge in [-0.25, -0.2) is 4.57 Å². The molecule has 0 aliphatic heterocycles. The molecule has 0 aliphatic rings. The number of carbonyl (C=O) groups is 1. The maximum Gasteiger partial charge on any atom is 1.00 e. The first-order chi connectivity index (χ1) is 12.9. The minimum Gasteiger partial charge on any atom is -0.736 e. The van der Waals surface area contributed by atoms with Crippen molar-refractivity contribution in [3.05, 3.63) is 95.1 Å². The van der Waals surface area contributed by atoms with Crippen molar-refractivity contribution in [2.45, 2.75) is 13.8 Å². The molecule has 0 amide bonds. The first kappa shape index (κ1) is 22.4. The fraction of sp³-hybridized carbons (Fsp3) is 0.0952. The Balaban J connectivity index is 0.00000280. The van der Waals surface area contributed by atoms with Gasteiger partial charge in [0.2, 0.25) is 0 Å². The number of phosphoric ester groups is 1. The Morgan fingerprint density at radius 2 is 1.32 bits per heavy atom. The summed E-state index contributed by atoms with van der Waals surface area (Å²) in [4.78, 5) is 24.8. The molecule has 3 aromatic rings. The maximum absolute atomic E-state index is 12.6. The number of benzene rings is 3. The van der Waals surface area contributed by atoms with Crippen LogP contribution in [0.5, 0.6) is 11.5 Å². The average molecular weight is 404 g/mol. The van der Waals surface area contributed by atoms with Gasteiger partial charge in [0.05, 0.1) is 0 Å². The zero-order chi connectivity index (χ0) is 19.4. The largest absolute Gasteiger partial charge is 1.00 e. The monoisotopic (exact) mass is 404 g/mol. The maximum atomic E-state index is 12.6. The van der Waals surface area contributed by atoms with Gasteiger partial charge in [-0.1, -0.05) is 48.5 Å². The second kappa shape index (κ2) is 9.55. The van der Waals surface area contributed by atoms with Crippen LogP contribution in [-0.4, -0.2) is 5.78 Å². The van der Waals surface area contributed by atoms with Crippen LogP contribution in [0.25, 0.3) is 0 Å². The van der Waals surface area contributed by atoms with Crippen LogP contribution in [-0.2, 0) is 4.57 Å². The Hall–Kier alpha value is -1.88. The van der Waals surface area contributed by atoms with Crippen LogP contribution in [0.2, 0.25) is 0 Å². The first-order valence-corrected chi connectivity index (χ1v) is 9.78. The quantitative estimate of drug-likeness (QED) is 0.353. The predicted molar refractivity (Wildman–Crippen MR) is 101 cm³/mol. The molecule has 28 heavy (non-hydrogen) atoms. The third kappa shape index (κ3) is 5.57. The third-order valence-electron chi connectivity index (χ3n) is 3.92. The second-order valence-corrected chi connectivity index (χ2v) is 7.34. The van der Waals surface area contributed by atoms with Gasteiger partial charge < -0.3 is 13.9 Å². The van der Waals surface area contributed by atoms with Gasteiger partial charge in [-0.05, 0) is 49.2 Å². The Morgan fingerprint density at radius 3 is 1.86 bits per heavy atom. The van der Waals surface area contributed by atoms with Crippen molar-refractivity contribution < 1.29 is 52.9 Å². The van der Waals surface area contributed by atoms with Crippen molar-refractivity contribution in [2.24, 2.45) is 0 Å². The summed E-state index contributed by atoms with van der Waals surface area (Å²) in [6.45, 7) is 3.37. The number of ketones is 1. The van der Waals surface area contributed by atoms with Crippen LogP contribution < -0.4 is 43.5 Å². The molecule has 0 aromatic heterocycles. The van der Waals surface area contributed by atoms with Crippen molar-refractivity contribution >= 4 is 13.6 Å². The normalized spacial score (nSPS) is 12.4. The molecule has 1 atom stereocenters. The summed E-state index contributed by atoms with van der Waals surface area (Å²) < 4.78 is 22.4. The molecule has 0 bridgehead atoms. The molecule has 0 fully saturated rings. The van der Waals surface area contributed by atoms with Crippen molar-refractivity contribution in [1.82, 2.24) is 0 Å². The number of phosphoric acid groups is 1. The summed E-state index contributed by atoms with van der Waals surface area (Å²) in [5.41, 5.74) is 2.09. The van der Waals surface area contributed by atoms with E-state index in [-0.39, 0.29) is 46.8 Å². The summed E-state index contributed by atoms with van der Waals surface area (Å²) in [6.07, 6.45) is 0. The summed E-state index contributed by atoms with van der Waals surface area (Å²) in [7, 11) is -4.62. The smallest absolute Gasteiger partial charge is 0.736 e. The summed E-state index contributed by atoms with van der Waals surface area (Å²) in [5.74, 6) is 0.190. The summed E-state index contributed by atoms with van der Waals surface area (Å²) in [6, 6.07) is 20.2. The number of hydrogen-bond acceptors (Lipinski definition) is 5. The van der Waals surface area contributed by atoms with Gasteiger partial charge in [-0.15, -0.1) is 0 Å². The molecule has 0 heterocycles. The van der Waals surface area contributed by atoms with Crippen molar-refractivity contribution in [3.63, 3.8) is 0 Å². The van der Waals surface area contributed by atoms with E-state index >= 15 is 0 Å². The molecular formula is C21H18NaO5P. The molecule has 0 aliphatic carbocycles. The van der Waals surface area contributed by atoms with Crippen LogP contribution in [0.15, 0.2) is 72.8 Å². The second-order valence-electron chi connectivity index (χ2n) is 6.08. The predicted octanol–water partition coefficient (Wildman–Crippen LogP) is 1.46. The molecule has 0 spiro atoms.